The molecule has 0 saturated carbocycles. The highest BCUT2D eigenvalue weighted by molar-refractivity contribution is 6.43. The third-order valence-corrected chi connectivity index (χ3v) is 5.87. The molecule has 0 aliphatic carbocycles. The summed E-state index contributed by atoms with van der Waals surface area (Å²) >= 11 is 12.2. The Balaban J connectivity index is 2.09. The molecule has 0 aliphatic rings. The van der Waals surface area contributed by atoms with Crippen molar-refractivity contribution in [2.24, 2.45) is 11.8 Å². The second kappa shape index (κ2) is 13.0. The lowest BCUT2D eigenvalue weighted by Crippen LogP contribution is -2.49. The van der Waals surface area contributed by atoms with Crippen molar-refractivity contribution in [3.63, 3.8) is 0 Å². The summed E-state index contributed by atoms with van der Waals surface area (Å²) in [5.41, 5.74) is 1.72. The molecule has 2 rings (SSSR count). The van der Waals surface area contributed by atoms with Crippen LogP contribution in [0.25, 0.3) is 0 Å². The van der Waals surface area contributed by atoms with Gasteiger partial charge in [0.15, 0.2) is 0 Å². The van der Waals surface area contributed by atoms with Crippen LogP contribution in [0.2, 0.25) is 10.0 Å². The Kier molecular flexibility index (Phi) is 10.7. The van der Waals surface area contributed by atoms with E-state index in [1.807, 2.05) is 44.2 Å². The van der Waals surface area contributed by atoms with Crippen LogP contribution in [0.4, 0.5) is 0 Å². The van der Waals surface area contributed by atoms with E-state index >= 15 is 0 Å². The highest BCUT2D eigenvalue weighted by Crippen LogP contribution is 2.23. The van der Waals surface area contributed by atoms with Crippen molar-refractivity contribution in [2.75, 3.05) is 0 Å². The summed E-state index contributed by atoms with van der Waals surface area (Å²) in [6.07, 6.45) is 1.52. The number of benzene rings is 2. The van der Waals surface area contributed by atoms with E-state index in [0.717, 1.165) is 11.1 Å². The molecular formula is C24H30BCl2NO4. The minimum atomic E-state index is -1.67. The standard InChI is InChI=1S/C24H30BCl2NO4/c1-16(2)12-23(25(31)32)28-24(30)19(13-17-6-4-3-5-7-17)15-21(29)10-8-18-14-20(26)9-11-22(18)27/h3-7,9,11,14,16,19,23,31-32H,8,10,12-13,15H2,1-2H3,(H,28,30)/t19-,23+/m1/s1. The zero-order chi connectivity index (χ0) is 23.7. The van der Waals surface area contributed by atoms with E-state index in [0.29, 0.717) is 29.3 Å². The molecule has 0 unspecified atom stereocenters. The van der Waals surface area contributed by atoms with Crippen LogP contribution in [0, 0.1) is 11.8 Å². The van der Waals surface area contributed by atoms with Crippen molar-refractivity contribution in [1.82, 2.24) is 5.32 Å². The number of hydrogen-bond donors (Lipinski definition) is 3. The van der Waals surface area contributed by atoms with Gasteiger partial charge in [-0.15, -0.1) is 0 Å². The molecule has 0 heterocycles. The molecule has 0 spiro atoms. The predicted octanol–water partition coefficient (Wildman–Crippen LogP) is 4.29. The maximum absolute atomic E-state index is 13.0. The normalized spacial score (nSPS) is 13.0. The fraction of sp³-hybridized carbons (Fsp3) is 0.417. The molecule has 2 aromatic rings. The smallest absolute Gasteiger partial charge is 0.426 e. The predicted molar refractivity (Wildman–Crippen MR) is 130 cm³/mol. The number of carbonyl (C=O) groups is 2. The van der Waals surface area contributed by atoms with Crippen LogP contribution in [-0.2, 0) is 22.4 Å². The van der Waals surface area contributed by atoms with Gasteiger partial charge in [-0.05, 0) is 54.5 Å². The average Bonchev–Trinajstić information content (AvgIpc) is 2.73. The number of carbonyl (C=O) groups excluding carboxylic acids is 2. The van der Waals surface area contributed by atoms with E-state index in [1.165, 1.54) is 0 Å². The Hall–Kier alpha value is -1.86. The minimum absolute atomic E-state index is 0.0504. The molecule has 3 N–H and O–H groups in total. The van der Waals surface area contributed by atoms with E-state index < -0.39 is 19.0 Å². The number of ketones is 1. The van der Waals surface area contributed by atoms with Gasteiger partial charge in [0, 0.05) is 28.8 Å². The number of nitrogens with one attached hydrogen (secondary N) is 1. The van der Waals surface area contributed by atoms with Crippen molar-refractivity contribution in [3.8, 4) is 0 Å². The Labute approximate surface area is 200 Å². The van der Waals surface area contributed by atoms with Crippen molar-refractivity contribution in [1.29, 1.82) is 0 Å². The van der Waals surface area contributed by atoms with Crippen molar-refractivity contribution in [2.45, 2.75) is 51.9 Å². The summed E-state index contributed by atoms with van der Waals surface area (Å²) in [5.74, 6) is -1.67. The SMILES string of the molecule is CC(C)C[C@H](NC(=O)[C@@H](CC(=O)CCc1cc(Cl)ccc1Cl)Cc1ccccc1)B(O)O. The van der Waals surface area contributed by atoms with Gasteiger partial charge in [-0.1, -0.05) is 67.4 Å². The van der Waals surface area contributed by atoms with Crippen LogP contribution in [0.3, 0.4) is 0 Å². The summed E-state index contributed by atoms with van der Waals surface area (Å²) in [4.78, 5) is 25.8. The van der Waals surface area contributed by atoms with Crippen LogP contribution < -0.4 is 5.32 Å². The monoisotopic (exact) mass is 477 g/mol. The van der Waals surface area contributed by atoms with Crippen molar-refractivity contribution < 1.29 is 19.6 Å². The summed E-state index contributed by atoms with van der Waals surface area (Å²) in [6, 6.07) is 14.6. The van der Waals surface area contributed by atoms with E-state index in [9.17, 15) is 19.6 Å². The zero-order valence-corrected chi connectivity index (χ0v) is 19.9. The number of halogens is 2. The van der Waals surface area contributed by atoms with Gasteiger partial charge in [0.25, 0.3) is 0 Å². The van der Waals surface area contributed by atoms with Crippen LogP contribution >= 0.6 is 23.2 Å². The summed E-state index contributed by atoms with van der Waals surface area (Å²) in [7, 11) is -1.67. The number of Topliss-reactive ketones (excluding diaryl/α,β-unsaturated/α-hetero) is 1. The molecule has 0 aliphatic heterocycles. The van der Waals surface area contributed by atoms with Gasteiger partial charge in [-0.2, -0.15) is 0 Å². The van der Waals surface area contributed by atoms with Crippen molar-refractivity contribution in [3.05, 3.63) is 69.7 Å². The Morgan fingerprint density at radius 1 is 1.06 bits per heavy atom. The zero-order valence-electron chi connectivity index (χ0n) is 18.4. The first-order chi connectivity index (χ1) is 15.2. The molecule has 5 nitrogen and oxygen atoms in total. The molecule has 0 saturated heterocycles. The number of aryl methyl sites for hydroxylation is 1. The third kappa shape index (κ3) is 8.95. The largest absolute Gasteiger partial charge is 0.475 e. The fourth-order valence-corrected chi connectivity index (χ4v) is 4.01. The van der Waals surface area contributed by atoms with Crippen LogP contribution in [0.15, 0.2) is 48.5 Å². The second-order valence-corrected chi connectivity index (χ2v) is 9.37. The maximum Gasteiger partial charge on any atom is 0.475 e. The molecular weight excluding hydrogens is 448 g/mol. The van der Waals surface area contributed by atoms with Gasteiger partial charge in [0.2, 0.25) is 5.91 Å². The summed E-state index contributed by atoms with van der Waals surface area (Å²) < 4.78 is 0. The maximum atomic E-state index is 13.0. The Morgan fingerprint density at radius 3 is 2.38 bits per heavy atom. The third-order valence-electron chi connectivity index (χ3n) is 5.26. The number of rotatable bonds is 12. The van der Waals surface area contributed by atoms with E-state index in [4.69, 9.17) is 23.2 Å². The fourth-order valence-electron chi connectivity index (χ4n) is 3.61. The molecule has 1 amide bonds. The molecule has 0 bridgehead atoms. The van der Waals surface area contributed by atoms with E-state index in [-0.39, 0.29) is 30.4 Å². The second-order valence-electron chi connectivity index (χ2n) is 8.52. The quantitative estimate of drug-likeness (QED) is 0.398. The Bertz CT molecular complexity index is 893. The average molecular weight is 478 g/mol. The highest BCUT2D eigenvalue weighted by atomic mass is 35.5. The molecule has 0 aromatic heterocycles. The first kappa shape index (κ1) is 26.4. The summed E-state index contributed by atoms with van der Waals surface area (Å²) in [6.45, 7) is 3.88. The van der Waals surface area contributed by atoms with E-state index in [1.54, 1.807) is 18.2 Å². The Morgan fingerprint density at radius 2 is 1.75 bits per heavy atom. The number of amides is 1. The lowest BCUT2D eigenvalue weighted by atomic mass is 9.74. The van der Waals surface area contributed by atoms with Gasteiger partial charge < -0.3 is 15.4 Å². The lowest BCUT2D eigenvalue weighted by molar-refractivity contribution is -0.129. The molecule has 0 radical (unpaired) electrons. The molecule has 2 aromatic carbocycles. The molecule has 172 valence electrons. The first-order valence-corrected chi connectivity index (χ1v) is 11.6. The van der Waals surface area contributed by atoms with Gasteiger partial charge in [0.1, 0.15) is 5.78 Å². The molecule has 0 fully saturated rings. The summed E-state index contributed by atoms with van der Waals surface area (Å²) in [5, 5.41) is 23.2. The molecule has 2 atom stereocenters. The number of hydrogen-bond acceptors (Lipinski definition) is 4. The van der Waals surface area contributed by atoms with Gasteiger partial charge in [-0.25, -0.2) is 0 Å². The first-order valence-electron chi connectivity index (χ1n) is 10.8. The van der Waals surface area contributed by atoms with Gasteiger partial charge in [-0.3, -0.25) is 9.59 Å². The lowest BCUT2D eigenvalue weighted by Gasteiger charge is -2.23. The topological polar surface area (TPSA) is 86.6 Å². The highest BCUT2D eigenvalue weighted by Gasteiger charge is 2.30. The molecule has 8 heteroatoms. The van der Waals surface area contributed by atoms with Crippen LogP contribution in [0.1, 0.15) is 44.2 Å². The molecule has 32 heavy (non-hydrogen) atoms. The van der Waals surface area contributed by atoms with Crippen LogP contribution in [0.5, 0.6) is 0 Å². The minimum Gasteiger partial charge on any atom is -0.426 e. The van der Waals surface area contributed by atoms with E-state index in [2.05, 4.69) is 5.32 Å². The van der Waals surface area contributed by atoms with Gasteiger partial charge in [0.05, 0.1) is 5.94 Å². The van der Waals surface area contributed by atoms with Gasteiger partial charge >= 0.3 is 7.12 Å². The van der Waals surface area contributed by atoms with Crippen LogP contribution in [-0.4, -0.2) is 34.8 Å². The van der Waals surface area contributed by atoms with Crippen molar-refractivity contribution >= 4 is 42.0 Å².